The van der Waals surface area contributed by atoms with Crippen molar-refractivity contribution >= 4 is 21.8 Å². The Bertz CT molecular complexity index is 758. The maximum Gasteiger partial charge on any atom is 0.326 e. The fraction of sp³-hybridized carbons (Fsp3) is 0.357. The van der Waals surface area contributed by atoms with E-state index in [0.29, 0.717) is 5.69 Å². The molecule has 0 atom stereocenters. The van der Waals surface area contributed by atoms with Gasteiger partial charge in [0.05, 0.1) is 18.4 Å². The summed E-state index contributed by atoms with van der Waals surface area (Å²) in [6, 6.07) is 7.11. The quantitative estimate of drug-likeness (QED) is 0.808. The summed E-state index contributed by atoms with van der Waals surface area (Å²) in [6.07, 6.45) is 3.09. The minimum absolute atomic E-state index is 0.00604. The van der Waals surface area contributed by atoms with Crippen LogP contribution in [-0.4, -0.2) is 35.9 Å². The van der Waals surface area contributed by atoms with Gasteiger partial charge in [0, 0.05) is 19.2 Å². The second-order valence-electron chi connectivity index (χ2n) is 4.90. The number of nitrogens with one attached hydrogen (secondary N) is 1. The number of nitrogens with zero attached hydrogens (tertiary/aromatic N) is 4. The lowest BCUT2D eigenvalue weighted by molar-refractivity contribution is -0.119. The van der Waals surface area contributed by atoms with E-state index in [0.717, 1.165) is 5.56 Å². The Balaban J connectivity index is 2.07. The highest BCUT2D eigenvalue weighted by Crippen LogP contribution is 2.21. The molecule has 2 rings (SSSR count). The molecule has 1 heterocycles. The summed E-state index contributed by atoms with van der Waals surface area (Å²) in [5, 5.41) is 7.34. The van der Waals surface area contributed by atoms with Crippen molar-refractivity contribution in [1.29, 1.82) is 0 Å². The third-order valence-electron chi connectivity index (χ3n) is 3.24. The predicted octanol–water partition coefficient (Wildman–Crippen LogP) is 0.864. The van der Waals surface area contributed by atoms with Crippen LogP contribution in [0.5, 0.6) is 0 Å². The molecule has 0 aliphatic rings. The van der Waals surface area contributed by atoms with E-state index in [-0.39, 0.29) is 19.5 Å². The molecule has 1 N–H and O–H groups in total. The smallest absolute Gasteiger partial charge is 0.274 e. The highest BCUT2D eigenvalue weighted by molar-refractivity contribution is 7.91. The van der Waals surface area contributed by atoms with Gasteiger partial charge in [-0.25, -0.2) is 4.72 Å². The van der Waals surface area contributed by atoms with Crippen LogP contribution >= 0.6 is 0 Å². The SMILES string of the molecule is CCN(c1ccccc1C)S(=O)(=O)NC(=O)CCn1ccnn1. The van der Waals surface area contributed by atoms with Crippen LogP contribution in [0.2, 0.25) is 0 Å². The monoisotopic (exact) mass is 337 g/mol. The molecule has 0 aliphatic carbocycles. The Morgan fingerprint density at radius 1 is 1.35 bits per heavy atom. The molecular formula is C14H19N5O3S. The Morgan fingerprint density at radius 2 is 2.09 bits per heavy atom. The minimum Gasteiger partial charge on any atom is -0.274 e. The van der Waals surface area contributed by atoms with Crippen LogP contribution in [0.25, 0.3) is 0 Å². The van der Waals surface area contributed by atoms with Gasteiger partial charge in [-0.1, -0.05) is 23.4 Å². The third kappa shape index (κ3) is 4.28. The zero-order valence-corrected chi connectivity index (χ0v) is 13.8. The predicted molar refractivity (Wildman–Crippen MR) is 85.9 cm³/mol. The fourth-order valence-electron chi connectivity index (χ4n) is 2.13. The second-order valence-corrected chi connectivity index (χ2v) is 6.49. The van der Waals surface area contributed by atoms with Crippen LogP contribution < -0.4 is 9.03 Å². The highest BCUT2D eigenvalue weighted by atomic mass is 32.2. The first-order chi connectivity index (χ1) is 10.9. The van der Waals surface area contributed by atoms with Gasteiger partial charge < -0.3 is 0 Å². The topological polar surface area (TPSA) is 97.2 Å². The number of aromatic nitrogens is 3. The number of carbonyl (C=O) groups is 1. The largest absolute Gasteiger partial charge is 0.326 e. The molecule has 0 bridgehead atoms. The van der Waals surface area contributed by atoms with Crippen LogP contribution in [0.3, 0.4) is 0 Å². The van der Waals surface area contributed by atoms with Crippen molar-refractivity contribution in [1.82, 2.24) is 19.7 Å². The number of anilines is 1. The Morgan fingerprint density at radius 3 is 2.70 bits per heavy atom. The van der Waals surface area contributed by atoms with Crippen molar-refractivity contribution in [2.75, 3.05) is 10.8 Å². The third-order valence-corrected chi connectivity index (χ3v) is 4.77. The number of para-hydroxylation sites is 1. The lowest BCUT2D eigenvalue weighted by Crippen LogP contribution is -2.44. The summed E-state index contributed by atoms with van der Waals surface area (Å²) in [6.45, 7) is 4.01. The maximum atomic E-state index is 12.4. The molecule has 0 unspecified atom stereocenters. The first kappa shape index (κ1) is 16.9. The average molecular weight is 337 g/mol. The highest BCUT2D eigenvalue weighted by Gasteiger charge is 2.24. The van der Waals surface area contributed by atoms with Gasteiger partial charge in [-0.2, -0.15) is 8.42 Å². The van der Waals surface area contributed by atoms with Gasteiger partial charge in [0.25, 0.3) is 0 Å². The Kier molecular flexibility index (Phi) is 5.32. The Labute approximate surface area is 135 Å². The number of hydrogen-bond acceptors (Lipinski definition) is 5. The zero-order valence-electron chi connectivity index (χ0n) is 13.0. The minimum atomic E-state index is -3.95. The summed E-state index contributed by atoms with van der Waals surface area (Å²) in [5.41, 5.74) is 1.36. The molecule has 0 aliphatic heterocycles. The lowest BCUT2D eigenvalue weighted by Gasteiger charge is -2.24. The van der Waals surface area contributed by atoms with Gasteiger partial charge in [-0.05, 0) is 25.5 Å². The van der Waals surface area contributed by atoms with Crippen LogP contribution in [0.1, 0.15) is 18.9 Å². The van der Waals surface area contributed by atoms with Crippen molar-refractivity contribution in [2.24, 2.45) is 0 Å². The molecule has 9 heteroatoms. The number of rotatable bonds is 7. The van der Waals surface area contributed by atoms with E-state index in [1.807, 2.05) is 19.1 Å². The van der Waals surface area contributed by atoms with E-state index < -0.39 is 16.1 Å². The molecule has 1 aromatic heterocycles. The van der Waals surface area contributed by atoms with E-state index in [1.165, 1.54) is 15.2 Å². The summed E-state index contributed by atoms with van der Waals surface area (Å²) in [4.78, 5) is 11.9. The van der Waals surface area contributed by atoms with E-state index in [1.54, 1.807) is 25.3 Å². The normalized spacial score (nSPS) is 11.2. The summed E-state index contributed by atoms with van der Waals surface area (Å²) < 4.78 is 29.6. The molecule has 23 heavy (non-hydrogen) atoms. The van der Waals surface area contributed by atoms with Crippen molar-refractivity contribution in [2.45, 2.75) is 26.8 Å². The van der Waals surface area contributed by atoms with Gasteiger partial charge >= 0.3 is 10.2 Å². The zero-order chi connectivity index (χ0) is 16.9. The molecule has 8 nitrogen and oxygen atoms in total. The number of amides is 1. The van der Waals surface area contributed by atoms with Gasteiger partial charge in [0.15, 0.2) is 0 Å². The van der Waals surface area contributed by atoms with Gasteiger partial charge in [0.1, 0.15) is 0 Å². The van der Waals surface area contributed by atoms with E-state index >= 15 is 0 Å². The molecule has 124 valence electrons. The van der Waals surface area contributed by atoms with Crippen LogP contribution in [-0.2, 0) is 21.5 Å². The molecular weight excluding hydrogens is 318 g/mol. The lowest BCUT2D eigenvalue weighted by atomic mass is 10.2. The first-order valence-corrected chi connectivity index (χ1v) is 8.61. The molecule has 0 radical (unpaired) electrons. The molecule has 2 aromatic rings. The van der Waals surface area contributed by atoms with Gasteiger partial charge in [-0.3, -0.25) is 13.8 Å². The summed E-state index contributed by atoms with van der Waals surface area (Å²) in [7, 11) is -3.95. The van der Waals surface area contributed by atoms with Crippen molar-refractivity contribution in [3.63, 3.8) is 0 Å². The van der Waals surface area contributed by atoms with Gasteiger partial charge in [0.2, 0.25) is 5.91 Å². The average Bonchev–Trinajstić information content (AvgIpc) is 3.00. The molecule has 0 spiro atoms. The fourth-order valence-corrected chi connectivity index (χ4v) is 3.43. The van der Waals surface area contributed by atoms with Crippen molar-refractivity contribution in [3.8, 4) is 0 Å². The molecule has 0 saturated carbocycles. The van der Waals surface area contributed by atoms with Crippen LogP contribution in [0.15, 0.2) is 36.7 Å². The van der Waals surface area contributed by atoms with E-state index in [4.69, 9.17) is 0 Å². The standard InChI is InChI=1S/C14H19N5O3S/c1-3-19(13-7-5-4-6-12(13)2)23(21,22)16-14(20)8-10-18-11-9-15-17-18/h4-7,9,11H,3,8,10H2,1-2H3,(H,16,20). The molecule has 0 saturated heterocycles. The van der Waals surface area contributed by atoms with Crippen LogP contribution in [0.4, 0.5) is 5.69 Å². The number of carbonyl (C=O) groups excluding carboxylic acids is 1. The first-order valence-electron chi connectivity index (χ1n) is 7.17. The van der Waals surface area contributed by atoms with E-state index in [2.05, 4.69) is 15.0 Å². The van der Waals surface area contributed by atoms with Crippen molar-refractivity contribution < 1.29 is 13.2 Å². The number of hydrogen-bond donors (Lipinski definition) is 1. The molecule has 0 fully saturated rings. The Hall–Kier alpha value is -2.42. The van der Waals surface area contributed by atoms with Gasteiger partial charge in [-0.15, -0.1) is 5.10 Å². The second kappa shape index (κ2) is 7.23. The summed E-state index contributed by atoms with van der Waals surface area (Å²) in [5.74, 6) is -0.590. The number of aryl methyl sites for hydroxylation is 2. The molecule has 1 amide bonds. The molecule has 1 aromatic carbocycles. The van der Waals surface area contributed by atoms with Crippen LogP contribution in [0, 0.1) is 6.92 Å². The van der Waals surface area contributed by atoms with E-state index in [9.17, 15) is 13.2 Å². The van der Waals surface area contributed by atoms with Crippen molar-refractivity contribution in [3.05, 3.63) is 42.2 Å². The maximum absolute atomic E-state index is 12.4. The summed E-state index contributed by atoms with van der Waals surface area (Å²) >= 11 is 0. The number of benzene rings is 1.